The quantitative estimate of drug-likeness (QED) is 0.434. The minimum Gasteiger partial charge on any atom is -0.335 e. The number of nitrogens with two attached hydrogens (primary N) is 1. The number of hydrogen-bond acceptors (Lipinski definition) is 7. The zero-order valence-electron chi connectivity index (χ0n) is 11.7. The SMILES string of the molecule is Nn1c(SCc2noc(-c3ccc(F)cc3)n2)nnc1C(F)(F)F. The van der Waals surface area contributed by atoms with Crippen LogP contribution in [0, 0.1) is 5.82 Å². The van der Waals surface area contributed by atoms with Crippen LogP contribution >= 0.6 is 11.8 Å². The number of nitrogen functional groups attached to an aromatic ring is 1. The third kappa shape index (κ3) is 3.32. The standard InChI is InChI=1S/C12H8F4N6OS/c13-7-3-1-6(2-4-7)9-18-8(21-23-9)5-24-11-20-19-10(22(11)17)12(14,15)16/h1-4H,5,17H2. The van der Waals surface area contributed by atoms with E-state index in [1.807, 2.05) is 0 Å². The molecular formula is C12H8F4N6OS. The van der Waals surface area contributed by atoms with E-state index in [0.29, 0.717) is 10.2 Å². The Bertz CT molecular complexity index is 844. The van der Waals surface area contributed by atoms with E-state index in [-0.39, 0.29) is 22.6 Å². The summed E-state index contributed by atoms with van der Waals surface area (Å²) in [6, 6.07) is 5.41. The molecule has 0 aliphatic heterocycles. The van der Waals surface area contributed by atoms with Gasteiger partial charge >= 0.3 is 6.18 Å². The van der Waals surface area contributed by atoms with E-state index >= 15 is 0 Å². The highest BCUT2D eigenvalue weighted by molar-refractivity contribution is 7.98. The van der Waals surface area contributed by atoms with Crippen LogP contribution in [0.3, 0.4) is 0 Å². The Morgan fingerprint density at radius 2 is 1.88 bits per heavy atom. The van der Waals surface area contributed by atoms with Gasteiger partial charge in [-0.05, 0) is 24.3 Å². The molecule has 12 heteroatoms. The maximum atomic E-state index is 12.9. The van der Waals surface area contributed by atoms with Crippen LogP contribution in [0.25, 0.3) is 11.5 Å². The summed E-state index contributed by atoms with van der Waals surface area (Å²) in [4.78, 5) is 4.07. The van der Waals surface area contributed by atoms with Gasteiger partial charge in [0.25, 0.3) is 11.7 Å². The third-order valence-corrected chi connectivity index (χ3v) is 3.75. The van der Waals surface area contributed by atoms with Crippen LogP contribution in [0.5, 0.6) is 0 Å². The number of alkyl halides is 3. The van der Waals surface area contributed by atoms with Crippen molar-refractivity contribution in [3.8, 4) is 11.5 Å². The third-order valence-electron chi connectivity index (χ3n) is 2.81. The number of nitrogens with zero attached hydrogens (tertiary/aromatic N) is 5. The minimum atomic E-state index is -4.69. The summed E-state index contributed by atoms with van der Waals surface area (Å²) in [6.45, 7) is 0. The van der Waals surface area contributed by atoms with E-state index in [1.54, 1.807) is 0 Å². The van der Waals surface area contributed by atoms with Crippen molar-refractivity contribution in [3.63, 3.8) is 0 Å². The molecule has 0 saturated carbocycles. The molecule has 3 aromatic rings. The van der Waals surface area contributed by atoms with Crippen molar-refractivity contribution in [1.29, 1.82) is 0 Å². The van der Waals surface area contributed by atoms with E-state index in [1.165, 1.54) is 24.3 Å². The molecule has 7 nitrogen and oxygen atoms in total. The molecule has 1 aromatic carbocycles. The second kappa shape index (κ2) is 6.11. The Morgan fingerprint density at radius 1 is 1.17 bits per heavy atom. The van der Waals surface area contributed by atoms with Crippen molar-refractivity contribution >= 4 is 11.8 Å². The Hall–Kier alpha value is -2.63. The maximum absolute atomic E-state index is 12.9. The molecule has 0 aliphatic carbocycles. The lowest BCUT2D eigenvalue weighted by Gasteiger charge is -2.05. The van der Waals surface area contributed by atoms with Crippen LogP contribution in [0.15, 0.2) is 33.9 Å². The van der Waals surface area contributed by atoms with Crippen molar-refractivity contribution in [3.05, 3.63) is 41.7 Å². The normalized spacial score (nSPS) is 11.8. The molecule has 2 N–H and O–H groups in total. The van der Waals surface area contributed by atoms with Gasteiger partial charge in [-0.25, -0.2) is 9.07 Å². The predicted octanol–water partition coefficient (Wildman–Crippen LogP) is 2.49. The van der Waals surface area contributed by atoms with E-state index in [2.05, 4.69) is 20.3 Å². The van der Waals surface area contributed by atoms with Gasteiger partial charge in [-0.2, -0.15) is 18.2 Å². The Labute approximate surface area is 135 Å². The van der Waals surface area contributed by atoms with Crippen LogP contribution < -0.4 is 5.84 Å². The van der Waals surface area contributed by atoms with Crippen molar-refractivity contribution in [2.45, 2.75) is 17.1 Å². The maximum Gasteiger partial charge on any atom is 0.453 e. The summed E-state index contributed by atoms with van der Waals surface area (Å²) in [6.07, 6.45) is -4.69. The number of thioether (sulfide) groups is 1. The van der Waals surface area contributed by atoms with Gasteiger partial charge in [0.15, 0.2) is 5.82 Å². The smallest absolute Gasteiger partial charge is 0.335 e. The topological polar surface area (TPSA) is 95.7 Å². The zero-order chi connectivity index (χ0) is 17.3. The molecule has 0 fully saturated rings. The summed E-state index contributed by atoms with van der Waals surface area (Å²) in [5.74, 6) is 4.06. The van der Waals surface area contributed by atoms with Gasteiger partial charge in [0, 0.05) is 5.56 Å². The average Bonchev–Trinajstić information content (AvgIpc) is 3.12. The van der Waals surface area contributed by atoms with Gasteiger partial charge in [0.2, 0.25) is 5.16 Å². The molecule has 2 aromatic heterocycles. The molecule has 0 spiro atoms. The summed E-state index contributed by atoms with van der Waals surface area (Å²) in [7, 11) is 0. The van der Waals surface area contributed by atoms with Gasteiger partial charge in [0.05, 0.1) is 5.75 Å². The second-order valence-corrected chi connectivity index (χ2v) is 5.43. The molecular weight excluding hydrogens is 352 g/mol. The number of rotatable bonds is 4. The highest BCUT2D eigenvalue weighted by Gasteiger charge is 2.38. The average molecular weight is 360 g/mol. The highest BCUT2D eigenvalue weighted by Crippen LogP contribution is 2.29. The fourth-order valence-corrected chi connectivity index (χ4v) is 2.42. The second-order valence-electron chi connectivity index (χ2n) is 4.49. The highest BCUT2D eigenvalue weighted by atomic mass is 32.2. The first-order chi connectivity index (χ1) is 11.3. The zero-order valence-corrected chi connectivity index (χ0v) is 12.5. The van der Waals surface area contributed by atoms with Gasteiger partial charge in [-0.3, -0.25) is 0 Å². The number of hydrogen-bond donors (Lipinski definition) is 1. The molecule has 0 radical (unpaired) electrons. The lowest BCUT2D eigenvalue weighted by atomic mass is 10.2. The van der Waals surface area contributed by atoms with E-state index in [9.17, 15) is 17.6 Å². The van der Waals surface area contributed by atoms with Crippen molar-refractivity contribution in [2.75, 3.05) is 5.84 Å². The first-order valence-electron chi connectivity index (χ1n) is 6.33. The molecule has 0 saturated heterocycles. The van der Waals surface area contributed by atoms with E-state index in [0.717, 1.165) is 11.8 Å². The molecule has 3 rings (SSSR count). The largest absolute Gasteiger partial charge is 0.453 e. The minimum absolute atomic E-state index is 0.0673. The van der Waals surface area contributed by atoms with Gasteiger partial charge in [-0.1, -0.05) is 16.9 Å². The van der Waals surface area contributed by atoms with Gasteiger partial charge in [-0.15, -0.1) is 10.2 Å². The molecule has 0 atom stereocenters. The van der Waals surface area contributed by atoms with Gasteiger partial charge in [0.1, 0.15) is 5.82 Å². The summed E-state index contributed by atoms with van der Waals surface area (Å²) >= 11 is 0.867. The summed E-state index contributed by atoms with van der Waals surface area (Å²) < 4.78 is 55.9. The molecule has 0 aliphatic rings. The van der Waals surface area contributed by atoms with Crippen LogP contribution in [0.4, 0.5) is 17.6 Å². The Balaban J connectivity index is 1.70. The van der Waals surface area contributed by atoms with Gasteiger partial charge < -0.3 is 10.4 Å². The summed E-state index contributed by atoms with van der Waals surface area (Å²) in [5, 5.41) is 9.93. The van der Waals surface area contributed by atoms with Crippen molar-refractivity contribution < 1.29 is 22.1 Å². The Morgan fingerprint density at radius 3 is 2.50 bits per heavy atom. The van der Waals surface area contributed by atoms with Crippen LogP contribution in [0.1, 0.15) is 11.6 Å². The molecule has 24 heavy (non-hydrogen) atoms. The van der Waals surface area contributed by atoms with Crippen LogP contribution in [0.2, 0.25) is 0 Å². The molecule has 126 valence electrons. The lowest BCUT2D eigenvalue weighted by molar-refractivity contribution is -0.146. The summed E-state index contributed by atoms with van der Waals surface area (Å²) in [5.41, 5.74) is 0.515. The van der Waals surface area contributed by atoms with E-state index in [4.69, 9.17) is 10.4 Å². The first kappa shape index (κ1) is 16.2. The fourth-order valence-electron chi connectivity index (χ4n) is 1.72. The van der Waals surface area contributed by atoms with Crippen LogP contribution in [-0.4, -0.2) is 25.0 Å². The molecule has 0 unspecified atom stereocenters. The predicted molar refractivity (Wildman–Crippen MR) is 74.4 cm³/mol. The Kier molecular flexibility index (Phi) is 4.13. The number of benzene rings is 1. The molecule has 2 heterocycles. The number of halogens is 4. The molecule has 0 amide bonds. The monoisotopic (exact) mass is 360 g/mol. The van der Waals surface area contributed by atoms with Crippen molar-refractivity contribution in [2.24, 2.45) is 0 Å². The van der Waals surface area contributed by atoms with Crippen molar-refractivity contribution in [1.82, 2.24) is 25.0 Å². The molecule has 0 bridgehead atoms. The number of aromatic nitrogens is 5. The lowest BCUT2D eigenvalue weighted by Crippen LogP contribution is -2.21. The first-order valence-corrected chi connectivity index (χ1v) is 7.32. The van der Waals surface area contributed by atoms with E-state index < -0.39 is 17.8 Å². The fraction of sp³-hybridized carbons (Fsp3) is 0.167. The van der Waals surface area contributed by atoms with Crippen LogP contribution in [-0.2, 0) is 11.9 Å².